The van der Waals surface area contributed by atoms with Crippen molar-refractivity contribution >= 4 is 5.91 Å². The fourth-order valence-corrected chi connectivity index (χ4v) is 5.99. The molecular weight excluding hydrogens is 344 g/mol. The standard InChI is InChI=1S/C20H24N4O3/c1-11-2-15(24-27-11)9-21-17(25)16-10-22-19(23-18(16)26)20-6-12-3-13(7-20)5-14(4-12)8-20/h2,10,12-14H,3-9H2,1H3,(H,21,25)(H,22,23,26). The van der Waals surface area contributed by atoms with Crippen LogP contribution in [0.5, 0.6) is 0 Å². The number of aromatic nitrogens is 3. The fourth-order valence-electron chi connectivity index (χ4n) is 5.99. The molecule has 4 bridgehead atoms. The van der Waals surface area contributed by atoms with Gasteiger partial charge in [-0.05, 0) is 63.2 Å². The summed E-state index contributed by atoms with van der Waals surface area (Å²) in [5.74, 6) is 3.34. The number of aromatic amines is 1. The molecule has 0 atom stereocenters. The van der Waals surface area contributed by atoms with E-state index in [4.69, 9.17) is 4.52 Å². The number of carbonyl (C=O) groups excluding carboxylic acids is 1. The Morgan fingerprint density at radius 2 is 1.93 bits per heavy atom. The maximum absolute atomic E-state index is 12.6. The number of amides is 1. The molecule has 2 heterocycles. The lowest BCUT2D eigenvalue weighted by atomic mass is 9.49. The van der Waals surface area contributed by atoms with Crippen LogP contribution in [0.15, 0.2) is 21.6 Å². The zero-order chi connectivity index (χ0) is 18.6. The van der Waals surface area contributed by atoms with Gasteiger partial charge in [0.2, 0.25) is 0 Å². The molecule has 0 saturated heterocycles. The van der Waals surface area contributed by atoms with E-state index in [9.17, 15) is 9.59 Å². The van der Waals surface area contributed by atoms with Crippen LogP contribution in [0.25, 0.3) is 0 Å². The van der Waals surface area contributed by atoms with E-state index in [-0.39, 0.29) is 23.1 Å². The Morgan fingerprint density at radius 1 is 1.26 bits per heavy atom. The third-order valence-corrected chi connectivity index (χ3v) is 6.69. The Morgan fingerprint density at radius 3 is 2.48 bits per heavy atom. The van der Waals surface area contributed by atoms with E-state index in [0.717, 1.165) is 42.8 Å². The quantitative estimate of drug-likeness (QED) is 0.863. The number of nitrogens with zero attached hydrogens (tertiary/aromatic N) is 2. The molecule has 2 N–H and O–H groups in total. The first-order valence-corrected chi connectivity index (χ1v) is 9.81. The highest BCUT2D eigenvalue weighted by Gasteiger charge is 2.52. The van der Waals surface area contributed by atoms with Crippen LogP contribution in [0, 0.1) is 24.7 Å². The average molecular weight is 368 g/mol. The number of aryl methyl sites for hydroxylation is 1. The van der Waals surface area contributed by atoms with Crippen molar-refractivity contribution in [1.82, 2.24) is 20.4 Å². The van der Waals surface area contributed by atoms with E-state index in [1.807, 2.05) is 0 Å². The summed E-state index contributed by atoms with van der Waals surface area (Å²) in [6, 6.07) is 1.75. The van der Waals surface area contributed by atoms with Crippen molar-refractivity contribution in [3.63, 3.8) is 0 Å². The maximum atomic E-state index is 12.6. The minimum atomic E-state index is -0.443. The molecule has 7 nitrogen and oxygen atoms in total. The van der Waals surface area contributed by atoms with Gasteiger partial charge in [0.05, 0.1) is 6.54 Å². The molecule has 0 aromatic carbocycles. The van der Waals surface area contributed by atoms with E-state index < -0.39 is 5.91 Å². The van der Waals surface area contributed by atoms with Crippen molar-refractivity contribution in [2.24, 2.45) is 17.8 Å². The summed E-state index contributed by atoms with van der Waals surface area (Å²) < 4.78 is 4.98. The second kappa shape index (κ2) is 6.04. The Balaban J connectivity index is 1.35. The molecule has 0 spiro atoms. The highest BCUT2D eigenvalue weighted by atomic mass is 16.5. The topological polar surface area (TPSA) is 101 Å². The van der Waals surface area contributed by atoms with Gasteiger partial charge in [-0.2, -0.15) is 0 Å². The van der Waals surface area contributed by atoms with Crippen LogP contribution in [-0.2, 0) is 12.0 Å². The first-order valence-electron chi connectivity index (χ1n) is 9.81. The maximum Gasteiger partial charge on any atom is 0.263 e. The summed E-state index contributed by atoms with van der Waals surface area (Å²) in [6.07, 6.45) is 8.83. The van der Waals surface area contributed by atoms with Crippen LogP contribution in [0.3, 0.4) is 0 Å². The molecule has 4 aliphatic rings. The smallest absolute Gasteiger partial charge is 0.263 e. The van der Waals surface area contributed by atoms with Gasteiger partial charge in [0, 0.05) is 17.7 Å². The van der Waals surface area contributed by atoms with E-state index in [1.165, 1.54) is 25.5 Å². The zero-order valence-corrected chi connectivity index (χ0v) is 15.5. The first-order chi connectivity index (χ1) is 13.0. The molecule has 0 aliphatic heterocycles. The van der Waals surface area contributed by atoms with Crippen molar-refractivity contribution in [3.8, 4) is 0 Å². The van der Waals surface area contributed by atoms with Crippen molar-refractivity contribution in [2.75, 3.05) is 0 Å². The summed E-state index contributed by atoms with van der Waals surface area (Å²) in [5.41, 5.74) is 0.324. The molecule has 7 heteroatoms. The second-order valence-corrected chi connectivity index (χ2v) is 8.78. The Labute approximate surface area is 156 Å². The molecule has 4 fully saturated rings. The van der Waals surface area contributed by atoms with E-state index >= 15 is 0 Å². The molecule has 2 aromatic heterocycles. The predicted molar refractivity (Wildman–Crippen MR) is 97.1 cm³/mol. The van der Waals surface area contributed by atoms with E-state index in [2.05, 4.69) is 20.4 Å². The van der Waals surface area contributed by atoms with Gasteiger partial charge in [-0.3, -0.25) is 9.59 Å². The number of nitrogens with one attached hydrogen (secondary N) is 2. The SMILES string of the molecule is Cc1cc(CNC(=O)c2cnc(C34CC5CC(CC(C5)C3)C4)[nH]c2=O)no1. The van der Waals surface area contributed by atoms with Crippen molar-refractivity contribution < 1.29 is 9.32 Å². The normalized spacial score (nSPS) is 31.2. The number of H-pyrrole nitrogens is 1. The number of hydrogen-bond acceptors (Lipinski definition) is 5. The predicted octanol–water partition coefficient (Wildman–Crippen LogP) is 2.46. The molecule has 1 amide bonds. The Bertz CT molecular complexity index is 909. The van der Waals surface area contributed by atoms with Crippen LogP contribution in [0.2, 0.25) is 0 Å². The summed E-state index contributed by atoms with van der Waals surface area (Å²) in [6.45, 7) is 2.00. The lowest BCUT2D eigenvalue weighted by molar-refractivity contribution is -0.00953. The van der Waals surface area contributed by atoms with Gasteiger partial charge < -0.3 is 14.8 Å². The van der Waals surface area contributed by atoms with Crippen LogP contribution in [0.1, 0.15) is 66.2 Å². The molecule has 2 aromatic rings. The molecule has 142 valence electrons. The summed E-state index contributed by atoms with van der Waals surface area (Å²) in [7, 11) is 0. The number of carbonyl (C=O) groups is 1. The van der Waals surface area contributed by atoms with E-state index in [1.54, 1.807) is 13.0 Å². The largest absolute Gasteiger partial charge is 0.361 e. The van der Waals surface area contributed by atoms with Gasteiger partial charge in [-0.25, -0.2) is 4.98 Å². The van der Waals surface area contributed by atoms with Gasteiger partial charge in [0.25, 0.3) is 11.5 Å². The second-order valence-electron chi connectivity index (χ2n) is 8.78. The average Bonchev–Trinajstić information content (AvgIpc) is 3.04. The molecule has 0 unspecified atom stereocenters. The van der Waals surface area contributed by atoms with Gasteiger partial charge in [0.1, 0.15) is 22.8 Å². The number of hydrogen-bond donors (Lipinski definition) is 2. The third kappa shape index (κ3) is 2.89. The summed E-state index contributed by atoms with van der Waals surface area (Å²) in [4.78, 5) is 32.5. The highest BCUT2D eigenvalue weighted by Crippen LogP contribution is 2.59. The molecule has 0 radical (unpaired) electrons. The molecule has 4 saturated carbocycles. The van der Waals surface area contributed by atoms with Crippen LogP contribution in [-0.4, -0.2) is 21.0 Å². The van der Waals surface area contributed by atoms with Crippen molar-refractivity contribution in [3.05, 3.63) is 45.5 Å². The van der Waals surface area contributed by atoms with Crippen LogP contribution >= 0.6 is 0 Å². The summed E-state index contributed by atoms with van der Waals surface area (Å²) >= 11 is 0. The van der Waals surface area contributed by atoms with Gasteiger partial charge in [0.15, 0.2) is 0 Å². The van der Waals surface area contributed by atoms with Gasteiger partial charge in [-0.15, -0.1) is 0 Å². The monoisotopic (exact) mass is 368 g/mol. The Hall–Kier alpha value is -2.44. The van der Waals surface area contributed by atoms with Crippen LogP contribution in [0.4, 0.5) is 0 Å². The van der Waals surface area contributed by atoms with Crippen molar-refractivity contribution in [1.29, 1.82) is 0 Å². The van der Waals surface area contributed by atoms with Crippen LogP contribution < -0.4 is 10.9 Å². The molecule has 27 heavy (non-hydrogen) atoms. The molecule has 6 rings (SSSR count). The lowest BCUT2D eigenvalue weighted by Crippen LogP contribution is -2.50. The van der Waals surface area contributed by atoms with Crippen molar-refractivity contribution in [2.45, 2.75) is 57.4 Å². The fraction of sp³-hybridized carbons (Fsp3) is 0.600. The minimum Gasteiger partial charge on any atom is -0.361 e. The lowest BCUT2D eigenvalue weighted by Gasteiger charge is -2.56. The zero-order valence-electron chi connectivity index (χ0n) is 15.5. The third-order valence-electron chi connectivity index (χ3n) is 6.69. The van der Waals surface area contributed by atoms with E-state index in [0.29, 0.717) is 11.5 Å². The Kier molecular flexibility index (Phi) is 3.74. The highest BCUT2D eigenvalue weighted by molar-refractivity contribution is 5.93. The summed E-state index contributed by atoms with van der Waals surface area (Å²) in [5, 5.41) is 6.54. The minimum absolute atomic E-state index is 0.0150. The van der Waals surface area contributed by atoms with Gasteiger partial charge in [-0.1, -0.05) is 5.16 Å². The molecule has 4 aliphatic carbocycles. The molecular formula is C20H24N4O3. The first kappa shape index (κ1) is 16.7. The number of rotatable bonds is 4. The van der Waals surface area contributed by atoms with Gasteiger partial charge >= 0.3 is 0 Å².